The van der Waals surface area contributed by atoms with Crippen LogP contribution in [0.25, 0.3) is 0 Å². The zero-order valence-electron chi connectivity index (χ0n) is 8.15. The van der Waals surface area contributed by atoms with Crippen molar-refractivity contribution in [1.82, 2.24) is 16.0 Å². The van der Waals surface area contributed by atoms with Crippen LogP contribution in [0.2, 0.25) is 0 Å². The molecule has 2 atom stereocenters. The molecule has 0 aliphatic carbocycles. The Bertz CT molecular complexity index is 233. The Hall–Kier alpha value is -1.24. The van der Waals surface area contributed by atoms with Gasteiger partial charge in [-0.15, -0.1) is 0 Å². The topological polar surface area (TPSA) is 70.2 Å². The van der Waals surface area contributed by atoms with Crippen LogP contribution in [0.1, 0.15) is 6.92 Å². The molecule has 0 aromatic carbocycles. The first kappa shape index (κ1) is 12.8. The zero-order valence-corrected chi connectivity index (χ0v) is 8.15. The molecule has 1 unspecified atom stereocenters. The van der Waals surface area contributed by atoms with E-state index in [-0.39, 0.29) is 0 Å². The Morgan fingerprint density at radius 2 is 1.86 bits per heavy atom. The molecule has 0 heterocycles. The minimum Gasteiger partial charge on any atom is -0.355 e. The quantitative estimate of drug-likeness (QED) is 0.523. The van der Waals surface area contributed by atoms with Crippen LogP contribution >= 0.6 is 0 Å². The highest BCUT2D eigenvalue weighted by Crippen LogP contribution is 2.05. The second kappa shape index (κ2) is 4.85. The highest BCUT2D eigenvalue weighted by atomic mass is 19.1. The summed E-state index contributed by atoms with van der Waals surface area (Å²) in [7, 11) is 2.40. The molecule has 0 bridgehead atoms. The summed E-state index contributed by atoms with van der Waals surface area (Å²) in [5, 5.41) is 5.57. The molecule has 0 aliphatic heterocycles. The molecule has 5 nitrogen and oxygen atoms in total. The number of hydrogen-bond acceptors (Lipinski definition) is 3. The second-order valence-corrected chi connectivity index (χ2v) is 2.72. The molecule has 0 spiro atoms. The van der Waals surface area contributed by atoms with Gasteiger partial charge in [0, 0.05) is 7.05 Å². The van der Waals surface area contributed by atoms with Gasteiger partial charge in [0.25, 0.3) is 17.6 Å². The number of likely N-dealkylation sites (N-methyl/N-ethyl adjacent to an activating group) is 2. The van der Waals surface area contributed by atoms with Crippen LogP contribution in [0.15, 0.2) is 0 Å². The number of amides is 2. The molecule has 0 saturated heterocycles. The van der Waals surface area contributed by atoms with E-state index in [0.29, 0.717) is 0 Å². The van der Waals surface area contributed by atoms with Crippen molar-refractivity contribution in [2.45, 2.75) is 19.0 Å². The third kappa shape index (κ3) is 3.25. The van der Waals surface area contributed by atoms with E-state index in [1.807, 2.05) is 10.6 Å². The number of carbonyl (C=O) groups is 2. The van der Waals surface area contributed by atoms with Crippen LogP contribution in [0, 0.1) is 0 Å². The lowest BCUT2D eigenvalue weighted by molar-refractivity contribution is -0.142. The van der Waals surface area contributed by atoms with E-state index in [1.165, 1.54) is 14.1 Å². The van der Waals surface area contributed by atoms with Gasteiger partial charge in [-0.1, -0.05) is 0 Å². The monoisotopic (exact) mass is 209 g/mol. The summed E-state index contributed by atoms with van der Waals surface area (Å²) in [4.78, 5) is 21.7. The lowest BCUT2D eigenvalue weighted by atomic mass is 10.2. The first-order chi connectivity index (χ1) is 6.35. The molecule has 3 N–H and O–H groups in total. The maximum absolute atomic E-state index is 13.3. The zero-order chi connectivity index (χ0) is 11.4. The molecular formula is C7H13F2N3O2. The fourth-order valence-corrected chi connectivity index (χ4v) is 0.717. The van der Waals surface area contributed by atoms with Gasteiger partial charge < -0.3 is 10.6 Å². The van der Waals surface area contributed by atoms with Gasteiger partial charge in [-0.05, 0) is 14.0 Å². The molecule has 0 aliphatic rings. The van der Waals surface area contributed by atoms with Crippen LogP contribution in [0.3, 0.4) is 0 Å². The molecule has 0 saturated carbocycles. The van der Waals surface area contributed by atoms with E-state index >= 15 is 0 Å². The van der Waals surface area contributed by atoms with Gasteiger partial charge in [-0.2, -0.15) is 0 Å². The third-order valence-corrected chi connectivity index (χ3v) is 1.50. The van der Waals surface area contributed by atoms with Crippen LogP contribution in [0.5, 0.6) is 0 Å². The number of rotatable bonds is 4. The minimum absolute atomic E-state index is 0.826. The highest BCUT2D eigenvalue weighted by molar-refractivity contribution is 5.90. The van der Waals surface area contributed by atoms with Crippen molar-refractivity contribution in [1.29, 1.82) is 0 Å². The van der Waals surface area contributed by atoms with Crippen molar-refractivity contribution in [3.05, 3.63) is 0 Å². The van der Waals surface area contributed by atoms with E-state index in [4.69, 9.17) is 0 Å². The van der Waals surface area contributed by atoms with Crippen molar-refractivity contribution in [2.24, 2.45) is 0 Å². The van der Waals surface area contributed by atoms with Crippen LogP contribution in [-0.2, 0) is 9.59 Å². The molecule has 14 heavy (non-hydrogen) atoms. The lowest BCUT2D eigenvalue weighted by Crippen LogP contribution is -2.56. The first-order valence-corrected chi connectivity index (χ1v) is 3.89. The van der Waals surface area contributed by atoms with Gasteiger partial charge in [0.15, 0.2) is 0 Å². The third-order valence-electron chi connectivity index (χ3n) is 1.50. The van der Waals surface area contributed by atoms with Gasteiger partial charge >= 0.3 is 0 Å². The van der Waals surface area contributed by atoms with Crippen molar-refractivity contribution >= 4 is 11.8 Å². The van der Waals surface area contributed by atoms with E-state index in [2.05, 4.69) is 0 Å². The van der Waals surface area contributed by atoms with Crippen molar-refractivity contribution in [2.75, 3.05) is 14.1 Å². The van der Waals surface area contributed by atoms with Crippen molar-refractivity contribution in [3.8, 4) is 0 Å². The van der Waals surface area contributed by atoms with Crippen molar-refractivity contribution in [3.63, 3.8) is 0 Å². The van der Waals surface area contributed by atoms with E-state index in [1.54, 1.807) is 5.32 Å². The normalized spacial score (nSPS) is 16.6. The smallest absolute Gasteiger partial charge is 0.278 e. The summed E-state index contributed by atoms with van der Waals surface area (Å²) >= 11 is 0. The van der Waals surface area contributed by atoms with Crippen LogP contribution < -0.4 is 16.0 Å². The summed E-state index contributed by atoms with van der Waals surface area (Å²) in [6, 6.07) is 0. The van der Waals surface area contributed by atoms with Gasteiger partial charge in [0.1, 0.15) is 0 Å². The van der Waals surface area contributed by atoms with Gasteiger partial charge in [-0.3, -0.25) is 14.9 Å². The lowest BCUT2D eigenvalue weighted by Gasteiger charge is -2.20. The van der Waals surface area contributed by atoms with Gasteiger partial charge in [0.2, 0.25) is 6.30 Å². The average molecular weight is 209 g/mol. The predicted octanol–water partition coefficient (Wildman–Crippen LogP) is -0.951. The Balaban J connectivity index is 4.36. The number of hydrogen-bond donors (Lipinski definition) is 3. The molecular weight excluding hydrogens is 196 g/mol. The number of nitrogens with one attached hydrogen (secondary N) is 3. The van der Waals surface area contributed by atoms with Crippen LogP contribution in [0.4, 0.5) is 8.78 Å². The van der Waals surface area contributed by atoms with Crippen molar-refractivity contribution < 1.29 is 18.4 Å². The summed E-state index contributed by atoms with van der Waals surface area (Å²) in [5.41, 5.74) is 0. The summed E-state index contributed by atoms with van der Waals surface area (Å²) in [5.74, 6) is -4.90. The summed E-state index contributed by atoms with van der Waals surface area (Å²) in [6.45, 7) is 0.826. The molecule has 0 rings (SSSR count). The maximum Gasteiger partial charge on any atom is 0.278 e. The molecule has 0 fully saturated rings. The SMILES string of the molecule is CNC(=O)[C@](C)(F)NC(=O)C(F)NC. The molecule has 2 amide bonds. The average Bonchev–Trinajstić information content (AvgIpc) is 2.14. The molecule has 7 heteroatoms. The summed E-state index contributed by atoms with van der Waals surface area (Å²) in [6.07, 6.45) is -2.05. The predicted molar refractivity (Wildman–Crippen MR) is 45.7 cm³/mol. The Morgan fingerprint density at radius 3 is 2.21 bits per heavy atom. The summed E-state index contributed by atoms with van der Waals surface area (Å²) < 4.78 is 25.9. The standard InChI is InChI=1S/C7H13F2N3O2/c1-7(9,6(14)11-3)12-5(13)4(8)10-2/h4,10H,1-3H3,(H,11,14)(H,12,13)/t4?,7-/m1/s1. The van der Waals surface area contributed by atoms with E-state index in [9.17, 15) is 18.4 Å². The molecule has 0 aromatic rings. The maximum atomic E-state index is 13.3. The number of alkyl halides is 2. The second-order valence-electron chi connectivity index (χ2n) is 2.72. The molecule has 82 valence electrons. The fourth-order valence-electron chi connectivity index (χ4n) is 0.717. The fraction of sp³-hybridized carbons (Fsp3) is 0.714. The Morgan fingerprint density at radius 1 is 1.36 bits per heavy atom. The Kier molecular flexibility index (Phi) is 4.42. The van der Waals surface area contributed by atoms with Gasteiger partial charge in [-0.25, -0.2) is 8.78 Å². The van der Waals surface area contributed by atoms with Gasteiger partial charge in [0.05, 0.1) is 0 Å². The number of carbonyl (C=O) groups excluding carboxylic acids is 2. The van der Waals surface area contributed by atoms with Crippen LogP contribution in [-0.4, -0.2) is 38.0 Å². The largest absolute Gasteiger partial charge is 0.355 e. The molecule has 0 aromatic heterocycles. The van der Waals surface area contributed by atoms with E-state index < -0.39 is 23.9 Å². The highest BCUT2D eigenvalue weighted by Gasteiger charge is 2.35. The Labute approximate surface area is 80.2 Å². The number of halogens is 2. The first-order valence-electron chi connectivity index (χ1n) is 3.89. The molecule has 0 radical (unpaired) electrons. The minimum atomic E-state index is -2.62. The van der Waals surface area contributed by atoms with E-state index in [0.717, 1.165) is 6.92 Å².